The molecule has 2 unspecified atom stereocenters. The van der Waals surface area contributed by atoms with Crippen molar-refractivity contribution in [3.8, 4) is 0 Å². The molecular formula is C78H149NO5. The largest absolute Gasteiger partial charge is 0.466 e. The van der Waals surface area contributed by atoms with E-state index in [0.717, 1.165) is 51.4 Å². The summed E-state index contributed by atoms with van der Waals surface area (Å²) in [5.74, 6) is -0.0246. The molecule has 0 saturated carbocycles. The number of hydrogen-bond acceptors (Lipinski definition) is 5. The minimum Gasteiger partial charge on any atom is -0.466 e. The van der Waals surface area contributed by atoms with E-state index in [4.69, 9.17) is 4.74 Å². The van der Waals surface area contributed by atoms with E-state index in [0.29, 0.717) is 25.9 Å². The number of nitrogens with one attached hydrogen (secondary N) is 1. The first-order valence-electron chi connectivity index (χ1n) is 38.2. The van der Waals surface area contributed by atoms with E-state index in [2.05, 4.69) is 55.6 Å². The second-order valence-corrected chi connectivity index (χ2v) is 26.3. The average molecular weight is 1180 g/mol. The number of rotatable bonds is 72. The van der Waals surface area contributed by atoms with Crippen molar-refractivity contribution >= 4 is 11.9 Å². The van der Waals surface area contributed by atoms with Gasteiger partial charge in [-0.2, -0.15) is 0 Å². The smallest absolute Gasteiger partial charge is 0.305 e. The molecule has 0 bridgehead atoms. The molecule has 0 aromatic heterocycles. The molecule has 0 aliphatic heterocycles. The standard InChI is InChI=1S/C78H149NO5/c1-3-5-7-9-11-13-15-17-19-21-22-23-24-29-32-35-39-42-46-50-54-58-62-66-70-76(81)75(74-80)79-77(82)71-67-63-59-55-51-47-43-40-36-33-30-27-25-26-28-31-34-37-41-45-49-53-57-61-65-69-73-84-78(83)72-68-64-60-56-52-48-44-38-20-18-16-14-12-10-8-6-4-2/h12,14,18,20,25,27,75-76,80-81H,3-11,13,15-17,19,21-24,26,28-74H2,1-2H3,(H,79,82)/b14-12-,20-18-,27-25-. The Morgan fingerprint density at radius 2 is 0.595 bits per heavy atom. The van der Waals surface area contributed by atoms with Gasteiger partial charge in [0, 0.05) is 12.8 Å². The molecule has 3 N–H and O–H groups in total. The molecule has 0 aliphatic rings. The normalized spacial score (nSPS) is 12.7. The van der Waals surface area contributed by atoms with Crippen molar-refractivity contribution in [3.05, 3.63) is 36.5 Å². The maximum Gasteiger partial charge on any atom is 0.305 e. The molecule has 0 aliphatic carbocycles. The third-order valence-electron chi connectivity index (χ3n) is 17.9. The van der Waals surface area contributed by atoms with E-state index in [1.165, 1.54) is 340 Å². The van der Waals surface area contributed by atoms with Crippen LogP contribution >= 0.6 is 0 Å². The third kappa shape index (κ3) is 69.2. The molecule has 0 spiro atoms. The van der Waals surface area contributed by atoms with Crippen molar-refractivity contribution in [2.24, 2.45) is 0 Å². The van der Waals surface area contributed by atoms with Crippen LogP contribution in [0, 0.1) is 0 Å². The lowest BCUT2D eigenvalue weighted by atomic mass is 10.0. The summed E-state index contributed by atoms with van der Waals surface area (Å²) in [7, 11) is 0. The fourth-order valence-corrected chi connectivity index (χ4v) is 12.1. The first-order chi connectivity index (χ1) is 41.5. The van der Waals surface area contributed by atoms with Crippen molar-refractivity contribution in [1.29, 1.82) is 0 Å². The third-order valence-corrected chi connectivity index (χ3v) is 17.9. The molecule has 84 heavy (non-hydrogen) atoms. The average Bonchev–Trinajstić information content (AvgIpc) is 3.51. The summed E-state index contributed by atoms with van der Waals surface area (Å²) in [5, 5.41) is 23.5. The Morgan fingerprint density at radius 3 is 0.940 bits per heavy atom. The monoisotopic (exact) mass is 1180 g/mol. The first-order valence-corrected chi connectivity index (χ1v) is 38.2. The number of aliphatic hydroxyl groups is 2. The Balaban J connectivity index is 3.39. The number of carbonyl (C=O) groups is 2. The van der Waals surface area contributed by atoms with Gasteiger partial charge < -0.3 is 20.3 Å². The minimum absolute atomic E-state index is 0.00740. The van der Waals surface area contributed by atoms with Crippen molar-refractivity contribution in [3.63, 3.8) is 0 Å². The van der Waals surface area contributed by atoms with Crippen LogP contribution in [0.25, 0.3) is 0 Å². The van der Waals surface area contributed by atoms with E-state index >= 15 is 0 Å². The van der Waals surface area contributed by atoms with Gasteiger partial charge in [-0.25, -0.2) is 0 Å². The molecule has 2 atom stereocenters. The maximum absolute atomic E-state index is 12.6. The molecular weight excluding hydrogens is 1030 g/mol. The number of ether oxygens (including phenoxy) is 1. The molecule has 496 valence electrons. The molecule has 6 heteroatoms. The zero-order valence-electron chi connectivity index (χ0n) is 56.9. The second-order valence-electron chi connectivity index (χ2n) is 26.3. The van der Waals surface area contributed by atoms with Crippen LogP contribution < -0.4 is 5.32 Å². The van der Waals surface area contributed by atoms with Crippen LogP contribution in [-0.2, 0) is 14.3 Å². The molecule has 6 nitrogen and oxygen atoms in total. The van der Waals surface area contributed by atoms with Gasteiger partial charge in [0.2, 0.25) is 5.91 Å². The summed E-state index contributed by atoms with van der Waals surface area (Å²) in [6.07, 6.45) is 95.0. The van der Waals surface area contributed by atoms with Crippen molar-refractivity contribution in [1.82, 2.24) is 5.32 Å². The van der Waals surface area contributed by atoms with Crippen LogP contribution in [-0.4, -0.2) is 47.4 Å². The summed E-state index contributed by atoms with van der Waals surface area (Å²) in [6, 6.07) is -0.545. The molecule has 0 heterocycles. The number of unbranched alkanes of at least 4 members (excludes halogenated alkanes) is 55. The van der Waals surface area contributed by atoms with Crippen LogP contribution in [0.2, 0.25) is 0 Å². The Morgan fingerprint density at radius 1 is 0.333 bits per heavy atom. The van der Waals surface area contributed by atoms with Gasteiger partial charge in [0.15, 0.2) is 0 Å². The van der Waals surface area contributed by atoms with E-state index in [9.17, 15) is 19.8 Å². The second kappa shape index (κ2) is 73.5. The van der Waals surface area contributed by atoms with Gasteiger partial charge >= 0.3 is 5.97 Å². The number of aliphatic hydroxyl groups excluding tert-OH is 2. The fourth-order valence-electron chi connectivity index (χ4n) is 12.1. The van der Waals surface area contributed by atoms with Crippen LogP contribution in [0.3, 0.4) is 0 Å². The molecule has 0 fully saturated rings. The van der Waals surface area contributed by atoms with Gasteiger partial charge in [-0.1, -0.05) is 365 Å². The molecule has 0 saturated heterocycles. The number of carbonyl (C=O) groups excluding carboxylic acids is 2. The van der Waals surface area contributed by atoms with Gasteiger partial charge in [-0.15, -0.1) is 0 Å². The quantitative estimate of drug-likeness (QED) is 0.0320. The Labute approximate surface area is 525 Å². The Hall–Kier alpha value is -1.92. The topological polar surface area (TPSA) is 95.9 Å². The highest BCUT2D eigenvalue weighted by molar-refractivity contribution is 5.76. The highest BCUT2D eigenvalue weighted by atomic mass is 16.5. The predicted octanol–water partition coefficient (Wildman–Crippen LogP) is 25.0. The predicted molar refractivity (Wildman–Crippen MR) is 370 cm³/mol. The zero-order chi connectivity index (χ0) is 60.6. The lowest BCUT2D eigenvalue weighted by Gasteiger charge is -2.22. The fraction of sp³-hybridized carbons (Fsp3) is 0.897. The van der Waals surface area contributed by atoms with Crippen LogP contribution in [0.15, 0.2) is 36.5 Å². The first kappa shape index (κ1) is 82.1. The Bertz CT molecular complexity index is 1360. The Kier molecular flexibility index (Phi) is 71.9. The minimum atomic E-state index is -0.668. The SMILES string of the molecule is CCCCC/C=C\C/C=C\CCCCCCCCCC(=O)OCCCCCCCCCCCCCC/C=C\CCCCCCCCCCCCC(=O)NC(CO)C(O)CCCCCCCCCCCCCCCCCCCCCCCCCC. The number of amides is 1. The lowest BCUT2D eigenvalue weighted by Crippen LogP contribution is -2.45. The van der Waals surface area contributed by atoms with Crippen molar-refractivity contribution in [2.45, 2.75) is 437 Å². The van der Waals surface area contributed by atoms with Crippen LogP contribution in [0.4, 0.5) is 0 Å². The molecule has 1 amide bonds. The molecule has 0 aromatic carbocycles. The van der Waals surface area contributed by atoms with Crippen molar-refractivity contribution in [2.75, 3.05) is 13.2 Å². The summed E-state index contributed by atoms with van der Waals surface area (Å²) in [5.41, 5.74) is 0. The van der Waals surface area contributed by atoms with E-state index < -0.39 is 12.1 Å². The van der Waals surface area contributed by atoms with Gasteiger partial charge in [0.1, 0.15) is 0 Å². The van der Waals surface area contributed by atoms with E-state index in [1.54, 1.807) is 0 Å². The molecule has 0 rings (SSSR count). The number of allylic oxidation sites excluding steroid dienone is 6. The van der Waals surface area contributed by atoms with Crippen molar-refractivity contribution < 1.29 is 24.5 Å². The highest BCUT2D eigenvalue weighted by Crippen LogP contribution is 2.19. The summed E-state index contributed by atoms with van der Waals surface area (Å²) in [6.45, 7) is 4.97. The van der Waals surface area contributed by atoms with Gasteiger partial charge in [-0.05, 0) is 83.5 Å². The van der Waals surface area contributed by atoms with Crippen LogP contribution in [0.1, 0.15) is 425 Å². The lowest BCUT2D eigenvalue weighted by molar-refractivity contribution is -0.143. The number of hydrogen-bond donors (Lipinski definition) is 3. The highest BCUT2D eigenvalue weighted by Gasteiger charge is 2.20. The van der Waals surface area contributed by atoms with Crippen LogP contribution in [0.5, 0.6) is 0 Å². The number of esters is 1. The zero-order valence-corrected chi connectivity index (χ0v) is 56.9. The molecule has 0 radical (unpaired) electrons. The van der Waals surface area contributed by atoms with E-state index in [1.807, 2.05) is 0 Å². The summed E-state index contributed by atoms with van der Waals surface area (Å²) >= 11 is 0. The van der Waals surface area contributed by atoms with E-state index in [-0.39, 0.29) is 18.5 Å². The van der Waals surface area contributed by atoms with Gasteiger partial charge in [0.05, 0.1) is 25.4 Å². The van der Waals surface area contributed by atoms with Gasteiger partial charge in [-0.3, -0.25) is 9.59 Å². The maximum atomic E-state index is 12.6. The van der Waals surface area contributed by atoms with Gasteiger partial charge in [0.25, 0.3) is 0 Å². The summed E-state index contributed by atoms with van der Waals surface area (Å²) in [4.78, 5) is 24.7. The summed E-state index contributed by atoms with van der Waals surface area (Å²) < 4.78 is 5.50. The molecule has 0 aromatic rings.